The number of piperidine rings is 2. The third kappa shape index (κ3) is 1.38. The van der Waals surface area contributed by atoms with Gasteiger partial charge in [-0.2, -0.15) is 0 Å². The molecule has 70 valence electrons. The van der Waals surface area contributed by atoms with Crippen LogP contribution in [0.15, 0.2) is 0 Å². The van der Waals surface area contributed by atoms with Crippen molar-refractivity contribution in [3.05, 3.63) is 0 Å². The molecule has 2 aliphatic rings. The van der Waals surface area contributed by atoms with E-state index in [1.54, 1.807) is 0 Å². The van der Waals surface area contributed by atoms with E-state index < -0.39 is 0 Å². The number of fused-ring (bicyclic) bond motifs is 1. The minimum absolute atomic E-state index is 0.0959. The second-order valence-electron chi connectivity index (χ2n) is 4.66. The molecule has 0 aromatic heterocycles. The molecule has 0 radical (unpaired) electrons. The van der Waals surface area contributed by atoms with Gasteiger partial charge in [-0.1, -0.05) is 6.42 Å². The third-order valence-corrected chi connectivity index (χ3v) is 3.54. The number of nitrogens with two attached hydrogens (primary N) is 1. The molecule has 2 saturated heterocycles. The van der Waals surface area contributed by atoms with E-state index in [-0.39, 0.29) is 5.54 Å². The molecular weight excluding hydrogens is 148 g/mol. The normalized spacial score (nSPS) is 44.0. The lowest BCUT2D eigenvalue weighted by atomic mass is 9.79. The van der Waals surface area contributed by atoms with Crippen molar-refractivity contribution < 1.29 is 0 Å². The van der Waals surface area contributed by atoms with Crippen molar-refractivity contribution in [3.8, 4) is 0 Å². The zero-order chi connectivity index (χ0) is 8.60. The van der Waals surface area contributed by atoms with Crippen LogP contribution in [-0.4, -0.2) is 29.6 Å². The van der Waals surface area contributed by atoms with E-state index in [0.29, 0.717) is 6.04 Å². The summed E-state index contributed by atoms with van der Waals surface area (Å²) in [6, 6.07) is 0.681. The molecule has 0 aromatic carbocycles. The van der Waals surface area contributed by atoms with E-state index in [1.165, 1.54) is 45.2 Å². The summed E-state index contributed by atoms with van der Waals surface area (Å²) in [5.41, 5.74) is 6.39. The Kier molecular flexibility index (Phi) is 2.13. The third-order valence-electron chi connectivity index (χ3n) is 3.54. The minimum atomic E-state index is 0.0959. The molecule has 2 rings (SSSR count). The van der Waals surface area contributed by atoms with Crippen molar-refractivity contribution in [3.63, 3.8) is 0 Å². The first-order chi connectivity index (χ1) is 5.70. The van der Waals surface area contributed by atoms with Crippen LogP contribution in [0.4, 0.5) is 0 Å². The maximum atomic E-state index is 6.29. The Hall–Kier alpha value is -0.0800. The molecule has 0 amide bonds. The number of hydrogen-bond donors (Lipinski definition) is 1. The topological polar surface area (TPSA) is 29.3 Å². The molecule has 0 bridgehead atoms. The Morgan fingerprint density at radius 1 is 1.25 bits per heavy atom. The second kappa shape index (κ2) is 3.00. The van der Waals surface area contributed by atoms with Crippen molar-refractivity contribution in [2.45, 2.75) is 50.6 Å². The Balaban J connectivity index is 2.09. The minimum Gasteiger partial charge on any atom is -0.324 e. The summed E-state index contributed by atoms with van der Waals surface area (Å²) < 4.78 is 0. The Bertz CT molecular complexity index is 163. The highest BCUT2D eigenvalue weighted by atomic mass is 15.2. The second-order valence-corrected chi connectivity index (χ2v) is 4.66. The average Bonchev–Trinajstić information content (AvgIpc) is 2.04. The highest BCUT2D eigenvalue weighted by molar-refractivity contribution is 4.98. The quantitative estimate of drug-likeness (QED) is 0.591. The van der Waals surface area contributed by atoms with Crippen molar-refractivity contribution in [1.29, 1.82) is 0 Å². The molecule has 2 fully saturated rings. The number of rotatable bonds is 0. The first-order valence-electron chi connectivity index (χ1n) is 5.23. The molecule has 2 heterocycles. The number of hydrogen-bond acceptors (Lipinski definition) is 2. The van der Waals surface area contributed by atoms with Crippen molar-refractivity contribution >= 4 is 0 Å². The largest absolute Gasteiger partial charge is 0.324 e. The lowest BCUT2D eigenvalue weighted by Gasteiger charge is -2.48. The molecule has 2 atom stereocenters. The van der Waals surface area contributed by atoms with E-state index in [0.717, 1.165) is 0 Å². The predicted octanol–water partition coefficient (Wildman–Crippen LogP) is 1.35. The fraction of sp³-hybridized carbons (Fsp3) is 1.00. The summed E-state index contributed by atoms with van der Waals surface area (Å²) in [5.74, 6) is 0. The van der Waals surface area contributed by atoms with Gasteiger partial charge in [-0.3, -0.25) is 4.90 Å². The van der Waals surface area contributed by atoms with Gasteiger partial charge in [-0.25, -0.2) is 0 Å². The van der Waals surface area contributed by atoms with Gasteiger partial charge in [0.2, 0.25) is 0 Å². The molecular formula is C10H20N2. The van der Waals surface area contributed by atoms with Crippen molar-refractivity contribution in [2.24, 2.45) is 5.73 Å². The van der Waals surface area contributed by atoms with Crippen LogP contribution in [0.1, 0.15) is 39.0 Å². The predicted molar refractivity (Wildman–Crippen MR) is 51.0 cm³/mol. The fourth-order valence-corrected chi connectivity index (χ4v) is 2.84. The van der Waals surface area contributed by atoms with E-state index in [2.05, 4.69) is 11.8 Å². The van der Waals surface area contributed by atoms with Gasteiger partial charge in [-0.15, -0.1) is 0 Å². The van der Waals surface area contributed by atoms with Crippen LogP contribution in [0.3, 0.4) is 0 Å². The molecule has 0 spiro atoms. The van der Waals surface area contributed by atoms with Gasteiger partial charge in [0, 0.05) is 11.6 Å². The molecule has 2 unspecified atom stereocenters. The van der Waals surface area contributed by atoms with Crippen LogP contribution in [0.5, 0.6) is 0 Å². The van der Waals surface area contributed by atoms with E-state index in [9.17, 15) is 0 Å². The molecule has 2 N–H and O–H groups in total. The van der Waals surface area contributed by atoms with Crippen LogP contribution in [0, 0.1) is 0 Å². The van der Waals surface area contributed by atoms with Gasteiger partial charge in [0.05, 0.1) is 0 Å². The summed E-state index contributed by atoms with van der Waals surface area (Å²) in [4.78, 5) is 2.60. The molecule has 2 nitrogen and oxygen atoms in total. The molecule has 0 aliphatic carbocycles. The molecule has 0 saturated carbocycles. The summed E-state index contributed by atoms with van der Waals surface area (Å²) in [5, 5.41) is 0. The maximum Gasteiger partial charge on any atom is 0.0284 e. The van der Waals surface area contributed by atoms with Crippen LogP contribution in [-0.2, 0) is 0 Å². The van der Waals surface area contributed by atoms with Crippen LogP contribution in [0.25, 0.3) is 0 Å². The van der Waals surface area contributed by atoms with Gasteiger partial charge < -0.3 is 5.73 Å². The number of nitrogens with zero attached hydrogens (tertiary/aromatic N) is 1. The van der Waals surface area contributed by atoms with Crippen molar-refractivity contribution in [1.82, 2.24) is 4.90 Å². The lowest BCUT2D eigenvalue weighted by molar-refractivity contribution is 0.0490. The SMILES string of the molecule is CC1(N)CCCN2CCCCC21. The molecule has 0 aromatic rings. The average molecular weight is 168 g/mol. The molecule has 12 heavy (non-hydrogen) atoms. The highest BCUT2D eigenvalue weighted by Gasteiger charge is 2.38. The Morgan fingerprint density at radius 2 is 2.00 bits per heavy atom. The van der Waals surface area contributed by atoms with E-state index in [1.807, 2.05) is 0 Å². The smallest absolute Gasteiger partial charge is 0.0284 e. The lowest BCUT2D eigenvalue weighted by Crippen LogP contribution is -2.61. The van der Waals surface area contributed by atoms with Crippen LogP contribution >= 0.6 is 0 Å². The van der Waals surface area contributed by atoms with Crippen LogP contribution in [0.2, 0.25) is 0 Å². The van der Waals surface area contributed by atoms with Gasteiger partial charge in [-0.05, 0) is 45.7 Å². The first kappa shape index (κ1) is 8.52. The zero-order valence-electron chi connectivity index (χ0n) is 8.05. The molecule has 2 aliphatic heterocycles. The zero-order valence-corrected chi connectivity index (χ0v) is 8.05. The monoisotopic (exact) mass is 168 g/mol. The standard InChI is InChI=1S/C10H20N2/c1-10(11)6-4-8-12-7-3-2-5-9(10)12/h9H,2-8,11H2,1H3. The van der Waals surface area contributed by atoms with Crippen LogP contribution < -0.4 is 5.73 Å². The summed E-state index contributed by atoms with van der Waals surface area (Å²) in [6.07, 6.45) is 6.60. The highest BCUT2D eigenvalue weighted by Crippen LogP contribution is 2.31. The van der Waals surface area contributed by atoms with Crippen molar-refractivity contribution in [2.75, 3.05) is 13.1 Å². The first-order valence-corrected chi connectivity index (χ1v) is 5.23. The summed E-state index contributed by atoms with van der Waals surface area (Å²) in [6.45, 7) is 4.81. The summed E-state index contributed by atoms with van der Waals surface area (Å²) >= 11 is 0. The van der Waals surface area contributed by atoms with E-state index >= 15 is 0 Å². The molecule has 2 heteroatoms. The maximum absolute atomic E-state index is 6.29. The van der Waals surface area contributed by atoms with E-state index in [4.69, 9.17) is 5.73 Å². The Labute approximate surface area is 75.1 Å². The van der Waals surface area contributed by atoms with Gasteiger partial charge in [0.1, 0.15) is 0 Å². The fourth-order valence-electron chi connectivity index (χ4n) is 2.84. The van der Waals surface area contributed by atoms with Gasteiger partial charge >= 0.3 is 0 Å². The van der Waals surface area contributed by atoms with Gasteiger partial charge in [0.15, 0.2) is 0 Å². The van der Waals surface area contributed by atoms with Gasteiger partial charge in [0.25, 0.3) is 0 Å². The Morgan fingerprint density at radius 3 is 2.75 bits per heavy atom. The summed E-state index contributed by atoms with van der Waals surface area (Å²) in [7, 11) is 0.